The maximum atomic E-state index is 14.4. The summed E-state index contributed by atoms with van der Waals surface area (Å²) in [6.45, 7) is 10.1. The van der Waals surface area contributed by atoms with Gasteiger partial charge in [0.2, 0.25) is 23.6 Å². The maximum absolute atomic E-state index is 14.4. The minimum Gasteiger partial charge on any atom is -0.465 e. The fourth-order valence-corrected chi connectivity index (χ4v) is 12.5. The van der Waals surface area contributed by atoms with Crippen LogP contribution in [-0.4, -0.2) is 136 Å². The van der Waals surface area contributed by atoms with E-state index in [0.29, 0.717) is 50.0 Å². The molecule has 20 heteroatoms. The molecule has 75 heavy (non-hydrogen) atoms. The van der Waals surface area contributed by atoms with Crippen molar-refractivity contribution in [2.45, 2.75) is 101 Å². The van der Waals surface area contributed by atoms with Crippen molar-refractivity contribution in [1.82, 2.24) is 24.6 Å². The molecule has 0 saturated carbocycles. The zero-order chi connectivity index (χ0) is 54.3. The zero-order valence-corrected chi connectivity index (χ0v) is 43.6. The first kappa shape index (κ1) is 53.7. The first-order valence-electron chi connectivity index (χ1n) is 25.8. The molecule has 6 amide bonds. The number of likely N-dealkylation sites (tertiary alicyclic amines) is 2. The molecule has 4 saturated heterocycles. The Balaban J connectivity index is 1.19. The van der Waals surface area contributed by atoms with Crippen LogP contribution >= 0.6 is 0 Å². The predicted octanol–water partition coefficient (Wildman–Crippen LogP) is 5.71. The molecule has 6 atom stereocenters. The summed E-state index contributed by atoms with van der Waals surface area (Å²) in [5.74, 6) is -2.56. The van der Waals surface area contributed by atoms with Crippen molar-refractivity contribution in [3.05, 3.63) is 101 Å². The minimum absolute atomic E-state index is 0.177. The number of rotatable bonds is 15. The highest BCUT2D eigenvalue weighted by Crippen LogP contribution is 2.51. The number of hydrogen-bond acceptors (Lipinski definition) is 12. The van der Waals surface area contributed by atoms with E-state index < -0.39 is 70.8 Å². The molecule has 8 rings (SSSR count). The summed E-state index contributed by atoms with van der Waals surface area (Å²) in [5.41, 5.74) is 28.9. The molecule has 10 N–H and O–H groups in total. The lowest BCUT2D eigenvalue weighted by atomic mass is 9.83. The van der Waals surface area contributed by atoms with E-state index in [1.165, 1.54) is 23.9 Å². The summed E-state index contributed by atoms with van der Waals surface area (Å²) >= 11 is 0. The Kier molecular flexibility index (Phi) is 15.3. The van der Waals surface area contributed by atoms with Crippen LogP contribution < -0.4 is 32.7 Å². The van der Waals surface area contributed by atoms with Crippen LogP contribution in [0.5, 0.6) is 0 Å². The topological polar surface area (TPSA) is 289 Å². The average Bonchev–Trinajstić information content (AvgIpc) is 4.15. The number of carbonyl (C=O) groups excluding carboxylic acids is 4. The van der Waals surface area contributed by atoms with Gasteiger partial charge in [-0.1, -0.05) is 64.1 Å². The first-order valence-corrected chi connectivity index (χ1v) is 25.8. The summed E-state index contributed by atoms with van der Waals surface area (Å²) < 4.78 is 5.55. The Morgan fingerprint density at radius 1 is 0.653 bits per heavy atom. The number of pyridine rings is 1. The highest BCUT2D eigenvalue weighted by Gasteiger charge is 2.55. The van der Waals surface area contributed by atoms with Crippen LogP contribution in [0.15, 0.2) is 79.0 Å². The van der Waals surface area contributed by atoms with Crippen molar-refractivity contribution in [3.8, 4) is 11.1 Å². The second-order valence-corrected chi connectivity index (χ2v) is 21.1. The highest BCUT2D eigenvalue weighted by molar-refractivity contribution is 5.97. The second-order valence-electron chi connectivity index (χ2n) is 21.1. The quantitative estimate of drug-likeness (QED) is 0.0779. The molecular formula is C55H71N11O9. The lowest BCUT2D eigenvalue weighted by Crippen LogP contribution is -2.59. The number of anilines is 4. The summed E-state index contributed by atoms with van der Waals surface area (Å²) in [6.07, 6.45) is 1.86. The number of aromatic nitrogens is 1. The Bertz CT molecular complexity index is 2700. The van der Waals surface area contributed by atoms with Crippen LogP contribution in [0, 0.1) is 11.8 Å². The van der Waals surface area contributed by atoms with Crippen molar-refractivity contribution >= 4 is 58.7 Å². The van der Waals surface area contributed by atoms with Crippen LogP contribution in [-0.2, 0) is 35.0 Å². The number of benzene rings is 3. The third-order valence-electron chi connectivity index (χ3n) is 16.1. The van der Waals surface area contributed by atoms with Gasteiger partial charge in [0.15, 0.2) is 0 Å². The number of primary amides is 2. The number of nitrogens with zero attached hydrogens (tertiary/aromatic N) is 7. The van der Waals surface area contributed by atoms with Gasteiger partial charge in [-0.15, -0.1) is 0 Å². The summed E-state index contributed by atoms with van der Waals surface area (Å²) in [6, 6.07) is 20.5. The molecule has 0 spiro atoms. The van der Waals surface area contributed by atoms with E-state index in [2.05, 4.69) is 21.9 Å². The summed E-state index contributed by atoms with van der Waals surface area (Å²) in [7, 11) is 2.68. The number of nitrogen functional groups attached to an aromatic ring is 2. The van der Waals surface area contributed by atoms with Crippen molar-refractivity contribution in [2.24, 2.45) is 23.3 Å². The molecule has 3 aromatic carbocycles. The number of hydrogen-bond donors (Lipinski definition) is 6. The van der Waals surface area contributed by atoms with Gasteiger partial charge < -0.3 is 57.5 Å². The van der Waals surface area contributed by atoms with Gasteiger partial charge in [0.05, 0.1) is 25.3 Å². The molecule has 1 aromatic heterocycles. The predicted molar refractivity (Wildman–Crippen MR) is 284 cm³/mol. The van der Waals surface area contributed by atoms with Crippen LogP contribution in [0.3, 0.4) is 0 Å². The summed E-state index contributed by atoms with van der Waals surface area (Å²) in [4.78, 5) is 94.8. The molecule has 0 radical (unpaired) electrons. The van der Waals surface area contributed by atoms with Crippen molar-refractivity contribution in [3.63, 3.8) is 0 Å². The van der Waals surface area contributed by atoms with E-state index in [9.17, 15) is 39.0 Å². The lowest BCUT2D eigenvalue weighted by Gasteiger charge is -2.41. The molecule has 20 nitrogen and oxygen atoms in total. The van der Waals surface area contributed by atoms with Crippen molar-refractivity contribution in [1.29, 1.82) is 0 Å². The van der Waals surface area contributed by atoms with Gasteiger partial charge in [0.1, 0.15) is 29.0 Å². The minimum atomic E-state index is -1.63. The molecule has 0 unspecified atom stereocenters. The zero-order valence-electron chi connectivity index (χ0n) is 43.6. The number of nitrogens with two attached hydrogens (primary N) is 4. The molecule has 5 heterocycles. The van der Waals surface area contributed by atoms with E-state index in [1.807, 2.05) is 54.7 Å². The number of morpholine rings is 1. The molecule has 4 aromatic rings. The molecule has 4 aliphatic rings. The number of amides is 6. The Labute approximate surface area is 437 Å². The third-order valence-corrected chi connectivity index (χ3v) is 16.1. The van der Waals surface area contributed by atoms with E-state index in [4.69, 9.17) is 32.7 Å². The van der Waals surface area contributed by atoms with Crippen LogP contribution in [0.4, 0.5) is 32.5 Å². The van der Waals surface area contributed by atoms with E-state index in [0.717, 1.165) is 56.6 Å². The monoisotopic (exact) mass is 1030 g/mol. The van der Waals surface area contributed by atoms with Gasteiger partial charge >= 0.3 is 12.2 Å². The Morgan fingerprint density at radius 2 is 1.13 bits per heavy atom. The fraction of sp³-hybridized carbons (Fsp3) is 0.473. The first-order chi connectivity index (χ1) is 35.6. The Hall–Kier alpha value is -7.61. The standard InChI is InChI=1S/C55H71N11O9/c1-32(2)46(61(5)52(71)72)48(67)64-22-8-20-54(64,50(58)69)39-15-12-35(29-41(39)56)43-17-18-44(66(43)38-11-7-10-34(28-38)37-14-19-45(60-31-37)63-24-26-75-27-25-63)36-13-16-40(42(57)30-36)55(51(59)70)21-9-23-65(55)49(68)47(33(3)4)62(6)53(73)74/h7,10-16,19,28-33,43-44,46-47H,8-9,17-18,20-27,56-57H2,1-6H3,(H2,58,69)(H2,59,70)(H,71,72)(H,73,74)/t43-,44-,46+,47+,54+,55+/m1/s1. The third kappa shape index (κ3) is 9.59. The van der Waals surface area contributed by atoms with Crippen LogP contribution in [0.1, 0.15) is 101 Å². The SMILES string of the molecule is CC(C)[C@@H](C(=O)N1CCC[C@@]1(C(N)=O)c1ccc([C@H]2CC[C@H](c3ccc([C@]4(C(N)=O)CCCN4C(=O)[C@H](C(C)C)N(C)C(=O)O)c(N)c3)N2c2cccc(-c3ccc(N4CCOCC4)nc3)c2)cc1N)N(C)C(=O)O. The van der Waals surface area contributed by atoms with E-state index in [-0.39, 0.29) is 49.4 Å². The lowest BCUT2D eigenvalue weighted by molar-refractivity contribution is -0.148. The molecule has 400 valence electrons. The molecule has 4 aliphatic heterocycles. The van der Waals surface area contributed by atoms with Gasteiger partial charge in [-0.3, -0.25) is 29.0 Å². The molecular weight excluding hydrogens is 959 g/mol. The van der Waals surface area contributed by atoms with Gasteiger partial charge in [0, 0.05) is 80.2 Å². The number of carboxylic acid groups (broad SMARTS) is 2. The second kappa shape index (κ2) is 21.3. The molecule has 0 bridgehead atoms. The number of carbonyl (C=O) groups is 6. The fourth-order valence-electron chi connectivity index (χ4n) is 12.5. The molecule has 0 aliphatic carbocycles. The van der Waals surface area contributed by atoms with E-state index in [1.54, 1.807) is 39.8 Å². The highest BCUT2D eigenvalue weighted by atomic mass is 16.5. The Morgan fingerprint density at radius 3 is 1.53 bits per heavy atom. The number of ether oxygens (including phenoxy) is 1. The van der Waals surface area contributed by atoms with Gasteiger partial charge in [0.25, 0.3) is 0 Å². The van der Waals surface area contributed by atoms with Gasteiger partial charge in [-0.2, -0.15) is 0 Å². The van der Waals surface area contributed by atoms with Crippen molar-refractivity contribution < 1.29 is 43.7 Å². The van der Waals surface area contributed by atoms with E-state index >= 15 is 0 Å². The van der Waals surface area contributed by atoms with Gasteiger partial charge in [-0.25, -0.2) is 14.6 Å². The van der Waals surface area contributed by atoms with Gasteiger partial charge in [-0.05, 0) is 103 Å². The van der Waals surface area contributed by atoms with Crippen LogP contribution in [0.2, 0.25) is 0 Å². The van der Waals surface area contributed by atoms with Crippen molar-refractivity contribution in [2.75, 3.05) is 74.8 Å². The maximum Gasteiger partial charge on any atom is 0.407 e. The smallest absolute Gasteiger partial charge is 0.407 e. The average molecular weight is 1030 g/mol. The summed E-state index contributed by atoms with van der Waals surface area (Å²) in [5, 5.41) is 19.8. The van der Waals surface area contributed by atoms with Crippen LogP contribution in [0.25, 0.3) is 11.1 Å². The number of likely N-dealkylation sites (N-methyl/N-ethyl adjacent to an activating group) is 2. The normalized spacial score (nSPS) is 22.6. The molecule has 4 fully saturated rings. The largest absolute Gasteiger partial charge is 0.465 e.